The van der Waals surface area contributed by atoms with Gasteiger partial charge in [-0.2, -0.15) is 0 Å². The van der Waals surface area contributed by atoms with E-state index in [4.69, 9.17) is 14.2 Å². The molecule has 0 bridgehead atoms. The number of nitrogens with one attached hydrogen (secondary N) is 3. The molecule has 0 aliphatic carbocycles. The Morgan fingerprint density at radius 3 is 2.47 bits per heavy atom. The number of quaternary nitrogens is 1. The number of esters is 1. The summed E-state index contributed by atoms with van der Waals surface area (Å²) < 4.78 is 15.7. The van der Waals surface area contributed by atoms with Gasteiger partial charge in [-0.05, 0) is 36.8 Å². The van der Waals surface area contributed by atoms with E-state index in [0.717, 1.165) is 45.6 Å². The van der Waals surface area contributed by atoms with Crippen molar-refractivity contribution in [2.45, 2.75) is 19.9 Å². The second-order valence-electron chi connectivity index (χ2n) is 8.04. The van der Waals surface area contributed by atoms with Gasteiger partial charge in [0.15, 0.2) is 18.0 Å². The van der Waals surface area contributed by atoms with Crippen LogP contribution in [0.4, 0.5) is 5.69 Å². The number of ether oxygens (including phenoxy) is 3. The smallest absolute Gasteiger partial charge is 0.356 e. The number of rotatable bonds is 6. The fraction of sp³-hybridized carbons (Fsp3) is 0.333. The summed E-state index contributed by atoms with van der Waals surface area (Å²) in [4.78, 5) is 29.4. The molecule has 8 nitrogen and oxygen atoms in total. The van der Waals surface area contributed by atoms with E-state index in [1.54, 1.807) is 14.2 Å². The molecule has 32 heavy (non-hydrogen) atoms. The minimum atomic E-state index is -0.519. The molecule has 0 spiro atoms. The Balaban J connectivity index is 1.53. The SMILES string of the molecule is COC(=O)c1[nH]c2ccc(C)cc2c1NC(=O)C[NH+]1CCc2cc(OC)c(OC)cc2C1. The third-order valence-electron chi connectivity index (χ3n) is 5.91. The number of aromatic amines is 1. The van der Waals surface area contributed by atoms with Crippen molar-refractivity contribution in [2.75, 3.05) is 39.7 Å². The molecule has 0 fully saturated rings. The highest BCUT2D eigenvalue weighted by Gasteiger charge is 2.26. The van der Waals surface area contributed by atoms with E-state index in [1.807, 2.05) is 37.3 Å². The van der Waals surface area contributed by atoms with Crippen molar-refractivity contribution < 1.29 is 28.7 Å². The molecule has 2 heterocycles. The fourth-order valence-corrected chi connectivity index (χ4v) is 4.28. The van der Waals surface area contributed by atoms with Crippen molar-refractivity contribution in [3.63, 3.8) is 0 Å². The van der Waals surface area contributed by atoms with Gasteiger partial charge in [0.1, 0.15) is 12.2 Å². The number of H-pyrrole nitrogens is 1. The summed E-state index contributed by atoms with van der Waals surface area (Å²) in [5, 5.41) is 3.74. The molecule has 168 valence electrons. The molecule has 0 saturated carbocycles. The van der Waals surface area contributed by atoms with E-state index in [-0.39, 0.29) is 18.1 Å². The predicted molar refractivity (Wildman–Crippen MR) is 121 cm³/mol. The number of carbonyl (C=O) groups excluding carboxylic acids is 2. The molecule has 1 amide bonds. The maximum absolute atomic E-state index is 13.0. The van der Waals surface area contributed by atoms with Crippen LogP contribution in [-0.4, -0.2) is 51.3 Å². The molecule has 1 aliphatic heterocycles. The van der Waals surface area contributed by atoms with Gasteiger partial charge in [0, 0.05) is 22.9 Å². The molecule has 1 unspecified atom stereocenters. The number of amides is 1. The van der Waals surface area contributed by atoms with Crippen molar-refractivity contribution in [3.05, 3.63) is 52.7 Å². The van der Waals surface area contributed by atoms with E-state index < -0.39 is 5.97 Å². The van der Waals surface area contributed by atoms with E-state index in [9.17, 15) is 9.59 Å². The number of methoxy groups -OCH3 is 3. The Kier molecular flexibility index (Phi) is 6.05. The predicted octanol–water partition coefficient (Wildman–Crippen LogP) is 1.86. The van der Waals surface area contributed by atoms with E-state index in [2.05, 4.69) is 10.3 Å². The number of fused-ring (bicyclic) bond motifs is 2. The Labute approximate surface area is 186 Å². The highest BCUT2D eigenvalue weighted by molar-refractivity contribution is 6.11. The van der Waals surface area contributed by atoms with Crippen molar-refractivity contribution in [2.24, 2.45) is 0 Å². The summed E-state index contributed by atoms with van der Waals surface area (Å²) in [6, 6.07) is 9.79. The molecule has 0 radical (unpaired) electrons. The van der Waals surface area contributed by atoms with Gasteiger partial charge >= 0.3 is 5.97 Å². The highest BCUT2D eigenvalue weighted by atomic mass is 16.5. The van der Waals surface area contributed by atoms with Gasteiger partial charge in [0.05, 0.1) is 33.6 Å². The van der Waals surface area contributed by atoms with Crippen molar-refractivity contribution in [1.82, 2.24) is 4.98 Å². The van der Waals surface area contributed by atoms with Crippen LogP contribution in [0.1, 0.15) is 27.2 Å². The van der Waals surface area contributed by atoms with Crippen LogP contribution in [0, 0.1) is 6.92 Å². The number of carbonyl (C=O) groups is 2. The Morgan fingerprint density at radius 2 is 1.78 bits per heavy atom. The third kappa shape index (κ3) is 4.13. The van der Waals surface area contributed by atoms with Crippen LogP contribution in [0.5, 0.6) is 11.5 Å². The Bertz CT molecular complexity index is 1180. The zero-order valence-corrected chi connectivity index (χ0v) is 18.8. The number of hydrogen-bond acceptors (Lipinski definition) is 5. The second kappa shape index (κ2) is 8.92. The molecule has 1 atom stereocenters. The van der Waals surface area contributed by atoms with Gasteiger partial charge in [-0.25, -0.2) is 4.79 Å². The summed E-state index contributed by atoms with van der Waals surface area (Å²) >= 11 is 0. The minimum Gasteiger partial charge on any atom is -0.493 e. The molecule has 1 aromatic heterocycles. The lowest BCUT2D eigenvalue weighted by atomic mass is 9.99. The van der Waals surface area contributed by atoms with Gasteiger partial charge in [-0.3, -0.25) is 4.79 Å². The van der Waals surface area contributed by atoms with E-state index >= 15 is 0 Å². The molecule has 3 aromatic rings. The van der Waals surface area contributed by atoms with Crippen molar-refractivity contribution in [3.8, 4) is 11.5 Å². The normalized spacial score (nSPS) is 15.2. The van der Waals surface area contributed by atoms with Crippen LogP contribution < -0.4 is 19.7 Å². The lowest BCUT2D eigenvalue weighted by Crippen LogP contribution is -3.12. The van der Waals surface area contributed by atoms with Crippen LogP contribution >= 0.6 is 0 Å². The number of aryl methyl sites for hydroxylation is 1. The number of anilines is 1. The quantitative estimate of drug-likeness (QED) is 0.511. The second-order valence-corrected chi connectivity index (χ2v) is 8.04. The first-order chi connectivity index (χ1) is 15.4. The summed E-state index contributed by atoms with van der Waals surface area (Å²) in [5.41, 5.74) is 4.88. The molecule has 1 aliphatic rings. The van der Waals surface area contributed by atoms with Gasteiger partial charge < -0.3 is 29.4 Å². The largest absolute Gasteiger partial charge is 0.493 e. The van der Waals surface area contributed by atoms with Crippen LogP contribution in [0.25, 0.3) is 10.9 Å². The molecule has 2 aromatic carbocycles. The summed E-state index contributed by atoms with van der Waals surface area (Å²) in [7, 11) is 4.57. The molecule has 3 N–H and O–H groups in total. The molecule has 4 rings (SSSR count). The van der Waals surface area contributed by atoms with E-state index in [0.29, 0.717) is 18.0 Å². The summed E-state index contributed by atoms with van der Waals surface area (Å²) in [6.07, 6.45) is 0.845. The average molecular weight is 439 g/mol. The summed E-state index contributed by atoms with van der Waals surface area (Å²) in [5.74, 6) is 0.733. The maximum Gasteiger partial charge on any atom is 0.356 e. The fourth-order valence-electron chi connectivity index (χ4n) is 4.28. The number of hydrogen-bond donors (Lipinski definition) is 3. The van der Waals surface area contributed by atoms with Crippen LogP contribution in [0.3, 0.4) is 0 Å². The zero-order valence-electron chi connectivity index (χ0n) is 18.8. The van der Waals surface area contributed by atoms with Crippen LogP contribution in [0.15, 0.2) is 30.3 Å². The number of aromatic nitrogens is 1. The lowest BCUT2D eigenvalue weighted by molar-refractivity contribution is -0.907. The maximum atomic E-state index is 13.0. The molecular formula is C24H28N3O5+. The molecule has 0 saturated heterocycles. The van der Waals surface area contributed by atoms with Crippen molar-refractivity contribution in [1.29, 1.82) is 0 Å². The molecule has 8 heteroatoms. The van der Waals surface area contributed by atoms with Gasteiger partial charge in [0.2, 0.25) is 0 Å². The van der Waals surface area contributed by atoms with Crippen LogP contribution in [0.2, 0.25) is 0 Å². The number of benzene rings is 2. The van der Waals surface area contributed by atoms with Gasteiger partial charge in [0.25, 0.3) is 5.91 Å². The Morgan fingerprint density at radius 1 is 1.06 bits per heavy atom. The third-order valence-corrected chi connectivity index (χ3v) is 5.91. The Hall–Kier alpha value is -3.52. The topological polar surface area (TPSA) is 94.1 Å². The lowest BCUT2D eigenvalue weighted by Gasteiger charge is -2.26. The first-order valence-corrected chi connectivity index (χ1v) is 10.5. The zero-order chi connectivity index (χ0) is 22.8. The average Bonchev–Trinajstić information content (AvgIpc) is 3.14. The first kappa shape index (κ1) is 21.7. The van der Waals surface area contributed by atoms with Crippen molar-refractivity contribution >= 4 is 28.5 Å². The van der Waals surface area contributed by atoms with E-state index in [1.165, 1.54) is 12.7 Å². The van der Waals surface area contributed by atoms with Gasteiger partial charge in [-0.1, -0.05) is 11.6 Å². The van der Waals surface area contributed by atoms with Crippen LogP contribution in [-0.2, 0) is 22.5 Å². The minimum absolute atomic E-state index is 0.156. The highest BCUT2D eigenvalue weighted by Crippen LogP contribution is 2.31. The monoisotopic (exact) mass is 438 g/mol. The van der Waals surface area contributed by atoms with Gasteiger partial charge in [-0.15, -0.1) is 0 Å². The standard InChI is InChI=1S/C24H27N3O5/c1-14-5-6-18-17(9-14)22(23(25-18)24(29)32-4)26-21(28)13-27-8-7-15-10-19(30-2)20(31-3)11-16(15)12-27/h5-6,9-11,25H,7-8,12-13H2,1-4H3,(H,26,28)/p+1. The molecular weight excluding hydrogens is 410 g/mol. The summed E-state index contributed by atoms with van der Waals surface area (Å²) in [6.45, 7) is 3.79. The first-order valence-electron chi connectivity index (χ1n) is 10.5.